The van der Waals surface area contributed by atoms with Crippen LogP contribution in [-0.4, -0.2) is 29.0 Å². The van der Waals surface area contributed by atoms with Crippen molar-refractivity contribution in [3.63, 3.8) is 0 Å². The van der Waals surface area contributed by atoms with Crippen LogP contribution in [0.2, 0.25) is 0 Å². The molecule has 1 aromatic rings. The fourth-order valence-corrected chi connectivity index (χ4v) is 1.93. The van der Waals surface area contributed by atoms with Crippen LogP contribution < -0.4 is 5.32 Å². The molecule has 0 aliphatic carbocycles. The quantitative estimate of drug-likeness (QED) is 0.791. The SMILES string of the molecule is CC(C)(F)C[C@H](N[C@H](c1ccccc1)C(F)(F)F)C(=O)O. The van der Waals surface area contributed by atoms with Crippen LogP contribution in [0, 0.1) is 0 Å². The third-order valence-electron chi connectivity index (χ3n) is 2.82. The summed E-state index contributed by atoms with van der Waals surface area (Å²) in [6.07, 6.45) is -5.25. The van der Waals surface area contributed by atoms with E-state index in [-0.39, 0.29) is 5.56 Å². The van der Waals surface area contributed by atoms with Gasteiger partial charge in [-0.05, 0) is 19.4 Å². The van der Waals surface area contributed by atoms with Gasteiger partial charge in [-0.25, -0.2) is 4.39 Å². The maximum absolute atomic E-state index is 13.6. The van der Waals surface area contributed by atoms with E-state index in [9.17, 15) is 22.4 Å². The highest BCUT2D eigenvalue weighted by Gasteiger charge is 2.43. The summed E-state index contributed by atoms with van der Waals surface area (Å²) < 4.78 is 52.9. The minimum absolute atomic E-state index is 0.118. The molecular formula is C14H17F4NO2. The molecule has 21 heavy (non-hydrogen) atoms. The minimum Gasteiger partial charge on any atom is -0.480 e. The van der Waals surface area contributed by atoms with Gasteiger partial charge < -0.3 is 5.11 Å². The summed E-state index contributed by atoms with van der Waals surface area (Å²) in [4.78, 5) is 11.1. The second-order valence-electron chi connectivity index (χ2n) is 5.37. The summed E-state index contributed by atoms with van der Waals surface area (Å²) in [6, 6.07) is 3.07. The van der Waals surface area contributed by atoms with Gasteiger partial charge >= 0.3 is 12.1 Å². The molecule has 2 N–H and O–H groups in total. The number of hydrogen-bond donors (Lipinski definition) is 2. The van der Waals surface area contributed by atoms with Gasteiger partial charge in [0.25, 0.3) is 0 Å². The van der Waals surface area contributed by atoms with Crippen LogP contribution in [0.4, 0.5) is 17.6 Å². The molecule has 0 unspecified atom stereocenters. The number of nitrogens with one attached hydrogen (secondary N) is 1. The number of aliphatic carboxylic acids is 1. The first-order chi connectivity index (χ1) is 9.50. The van der Waals surface area contributed by atoms with Crippen LogP contribution in [-0.2, 0) is 4.79 Å². The number of halogens is 4. The Hall–Kier alpha value is -1.63. The van der Waals surface area contributed by atoms with Gasteiger partial charge in [0.1, 0.15) is 17.8 Å². The van der Waals surface area contributed by atoms with Crippen molar-refractivity contribution >= 4 is 5.97 Å². The highest BCUT2D eigenvalue weighted by Crippen LogP contribution is 2.33. The third kappa shape index (κ3) is 5.71. The Morgan fingerprint density at radius 1 is 1.19 bits per heavy atom. The Balaban J connectivity index is 3.02. The molecule has 0 radical (unpaired) electrons. The standard InChI is InChI=1S/C14H17F4NO2/c1-13(2,15)8-10(12(20)21)19-11(14(16,17)18)9-6-4-3-5-7-9/h3-7,10-11,19H,8H2,1-2H3,(H,20,21)/t10-,11+/m0/s1. The Morgan fingerprint density at radius 2 is 1.71 bits per heavy atom. The zero-order valence-corrected chi connectivity index (χ0v) is 11.6. The van der Waals surface area contributed by atoms with Crippen LogP contribution in [0.5, 0.6) is 0 Å². The fourth-order valence-electron chi connectivity index (χ4n) is 1.93. The van der Waals surface area contributed by atoms with E-state index in [4.69, 9.17) is 5.11 Å². The average molecular weight is 307 g/mol. The van der Waals surface area contributed by atoms with Crippen molar-refractivity contribution in [2.24, 2.45) is 0 Å². The Morgan fingerprint density at radius 3 is 2.10 bits per heavy atom. The van der Waals surface area contributed by atoms with Crippen molar-refractivity contribution in [1.82, 2.24) is 5.32 Å². The van der Waals surface area contributed by atoms with Crippen LogP contribution >= 0.6 is 0 Å². The summed E-state index contributed by atoms with van der Waals surface area (Å²) in [7, 11) is 0. The van der Waals surface area contributed by atoms with E-state index >= 15 is 0 Å². The van der Waals surface area contributed by atoms with Crippen molar-refractivity contribution in [3.8, 4) is 0 Å². The number of hydrogen-bond acceptors (Lipinski definition) is 2. The van der Waals surface area contributed by atoms with Crippen LogP contribution in [0.25, 0.3) is 0 Å². The molecule has 0 fully saturated rings. The van der Waals surface area contributed by atoms with Crippen LogP contribution in [0.1, 0.15) is 31.9 Å². The lowest BCUT2D eigenvalue weighted by atomic mass is 9.98. The van der Waals surface area contributed by atoms with Gasteiger partial charge in [-0.2, -0.15) is 13.2 Å². The summed E-state index contributed by atoms with van der Waals surface area (Å²) in [5.74, 6) is -1.52. The zero-order chi connectivity index (χ0) is 16.3. The van der Waals surface area contributed by atoms with Gasteiger partial charge in [-0.3, -0.25) is 10.1 Å². The maximum atomic E-state index is 13.6. The largest absolute Gasteiger partial charge is 0.480 e. The van der Waals surface area contributed by atoms with Gasteiger partial charge in [-0.1, -0.05) is 30.3 Å². The first kappa shape index (κ1) is 17.4. The van der Waals surface area contributed by atoms with E-state index in [1.165, 1.54) is 24.3 Å². The second kappa shape index (κ2) is 6.43. The molecule has 1 aromatic carbocycles. The third-order valence-corrected chi connectivity index (χ3v) is 2.82. The molecular weight excluding hydrogens is 290 g/mol. The first-order valence-electron chi connectivity index (χ1n) is 6.30. The van der Waals surface area contributed by atoms with E-state index in [0.29, 0.717) is 0 Å². The highest BCUT2D eigenvalue weighted by molar-refractivity contribution is 5.73. The van der Waals surface area contributed by atoms with Gasteiger partial charge in [-0.15, -0.1) is 0 Å². The number of alkyl halides is 4. The number of rotatable bonds is 6. The van der Waals surface area contributed by atoms with Crippen molar-refractivity contribution in [2.75, 3.05) is 0 Å². The lowest BCUT2D eigenvalue weighted by Gasteiger charge is -2.28. The zero-order valence-electron chi connectivity index (χ0n) is 11.6. The maximum Gasteiger partial charge on any atom is 0.407 e. The lowest BCUT2D eigenvalue weighted by Crippen LogP contribution is -2.47. The molecule has 0 aliphatic rings. The Bertz CT molecular complexity index is 468. The van der Waals surface area contributed by atoms with Crippen molar-refractivity contribution in [2.45, 2.75) is 44.2 Å². The van der Waals surface area contributed by atoms with Crippen LogP contribution in [0.3, 0.4) is 0 Å². The molecule has 2 atom stereocenters. The molecule has 0 amide bonds. The summed E-state index contributed by atoms with van der Waals surface area (Å²) >= 11 is 0. The number of carboxylic acids is 1. The number of carboxylic acid groups (broad SMARTS) is 1. The second-order valence-corrected chi connectivity index (χ2v) is 5.37. The number of benzene rings is 1. The molecule has 0 bridgehead atoms. The molecule has 0 saturated carbocycles. The van der Waals surface area contributed by atoms with Crippen molar-refractivity contribution in [3.05, 3.63) is 35.9 Å². The monoisotopic (exact) mass is 307 g/mol. The molecule has 3 nitrogen and oxygen atoms in total. The highest BCUT2D eigenvalue weighted by atomic mass is 19.4. The van der Waals surface area contributed by atoms with Gasteiger partial charge in [0.2, 0.25) is 0 Å². The van der Waals surface area contributed by atoms with Crippen molar-refractivity contribution in [1.29, 1.82) is 0 Å². The van der Waals surface area contributed by atoms with Gasteiger partial charge in [0.05, 0.1) is 0 Å². The normalized spacial score (nSPS) is 15.5. The first-order valence-corrected chi connectivity index (χ1v) is 6.30. The molecule has 0 spiro atoms. The van der Waals surface area contributed by atoms with E-state index in [0.717, 1.165) is 13.8 Å². The molecule has 0 aliphatic heterocycles. The molecule has 1 rings (SSSR count). The molecule has 0 saturated heterocycles. The molecule has 7 heteroatoms. The molecule has 0 aromatic heterocycles. The predicted octanol–water partition coefficient (Wildman–Crippen LogP) is 3.47. The summed E-state index contributed by atoms with van der Waals surface area (Å²) in [6.45, 7) is 2.24. The molecule has 118 valence electrons. The Labute approximate surface area is 120 Å². The van der Waals surface area contributed by atoms with E-state index in [1.807, 2.05) is 5.32 Å². The van der Waals surface area contributed by atoms with E-state index in [2.05, 4.69) is 0 Å². The Kier molecular flexibility index (Phi) is 5.33. The summed E-state index contributed by atoms with van der Waals surface area (Å²) in [5.41, 5.74) is -2.02. The number of carbonyl (C=O) groups is 1. The fraction of sp³-hybridized carbons (Fsp3) is 0.500. The smallest absolute Gasteiger partial charge is 0.407 e. The van der Waals surface area contributed by atoms with Crippen LogP contribution in [0.15, 0.2) is 30.3 Å². The minimum atomic E-state index is -4.69. The van der Waals surface area contributed by atoms with E-state index in [1.54, 1.807) is 6.07 Å². The van der Waals surface area contributed by atoms with Gasteiger partial charge in [0, 0.05) is 6.42 Å². The topological polar surface area (TPSA) is 49.3 Å². The summed E-state index contributed by atoms with van der Waals surface area (Å²) in [5, 5.41) is 11.0. The molecule has 0 heterocycles. The van der Waals surface area contributed by atoms with Gasteiger partial charge in [0.15, 0.2) is 0 Å². The van der Waals surface area contributed by atoms with Crippen molar-refractivity contribution < 1.29 is 27.5 Å². The predicted molar refractivity (Wildman–Crippen MR) is 69.6 cm³/mol. The van der Waals surface area contributed by atoms with E-state index < -0.39 is 36.3 Å². The lowest BCUT2D eigenvalue weighted by molar-refractivity contribution is -0.164. The average Bonchev–Trinajstić information content (AvgIpc) is 2.32.